The van der Waals surface area contributed by atoms with Crippen molar-refractivity contribution in [3.05, 3.63) is 58.5 Å². The number of aromatic amines is 1. The summed E-state index contributed by atoms with van der Waals surface area (Å²) in [6.45, 7) is 1.59. The standard InChI is InChI=1S/C18H12ClF3N2O3/c1-2-14(25)27-17-11-7-10(19)4-6-12(11)24-15(17)16(26)13-5-3-9(8-23-13)18(20,21)22/h3-8,24H,2H2,1H3. The molecule has 1 N–H and O–H groups in total. The minimum absolute atomic E-state index is 0.0361. The second-order valence-corrected chi connectivity index (χ2v) is 6.04. The van der Waals surface area contributed by atoms with Gasteiger partial charge >= 0.3 is 12.1 Å². The van der Waals surface area contributed by atoms with Crippen LogP contribution in [0, 0.1) is 0 Å². The molecule has 0 saturated carbocycles. The molecule has 9 heteroatoms. The van der Waals surface area contributed by atoms with E-state index in [1.54, 1.807) is 19.1 Å². The lowest BCUT2D eigenvalue weighted by Gasteiger charge is -2.07. The Labute approximate surface area is 156 Å². The quantitative estimate of drug-likeness (QED) is 0.508. The second-order valence-electron chi connectivity index (χ2n) is 5.61. The number of halogens is 4. The van der Waals surface area contributed by atoms with Crippen molar-refractivity contribution in [1.29, 1.82) is 0 Å². The first-order valence-electron chi connectivity index (χ1n) is 7.80. The zero-order valence-electron chi connectivity index (χ0n) is 13.9. The molecule has 0 saturated heterocycles. The Balaban J connectivity index is 2.08. The Morgan fingerprint density at radius 3 is 2.56 bits per heavy atom. The first-order valence-corrected chi connectivity index (χ1v) is 8.18. The molecule has 3 aromatic rings. The number of rotatable bonds is 4. The van der Waals surface area contributed by atoms with Crippen molar-refractivity contribution >= 4 is 34.3 Å². The van der Waals surface area contributed by atoms with Crippen molar-refractivity contribution in [2.45, 2.75) is 19.5 Å². The van der Waals surface area contributed by atoms with Gasteiger partial charge in [0.05, 0.1) is 5.56 Å². The van der Waals surface area contributed by atoms with E-state index in [9.17, 15) is 22.8 Å². The van der Waals surface area contributed by atoms with Gasteiger partial charge in [-0.15, -0.1) is 0 Å². The molecule has 0 amide bonds. The van der Waals surface area contributed by atoms with E-state index in [1.165, 1.54) is 6.07 Å². The number of H-pyrrole nitrogens is 1. The summed E-state index contributed by atoms with van der Waals surface area (Å²) in [5, 5.41) is 0.765. The third kappa shape index (κ3) is 3.80. The van der Waals surface area contributed by atoms with E-state index < -0.39 is 23.5 Å². The SMILES string of the molecule is CCC(=O)Oc1c(C(=O)c2ccc(C(F)(F)F)cn2)[nH]c2ccc(Cl)cc12. The summed E-state index contributed by atoms with van der Waals surface area (Å²) in [6.07, 6.45) is -3.92. The van der Waals surface area contributed by atoms with E-state index in [0.29, 0.717) is 22.1 Å². The molecule has 27 heavy (non-hydrogen) atoms. The van der Waals surface area contributed by atoms with Crippen molar-refractivity contribution in [1.82, 2.24) is 9.97 Å². The number of pyridine rings is 1. The minimum atomic E-state index is -4.56. The van der Waals surface area contributed by atoms with Crippen LogP contribution in [0.2, 0.25) is 5.02 Å². The lowest BCUT2D eigenvalue weighted by molar-refractivity contribution is -0.138. The van der Waals surface area contributed by atoms with Crippen LogP contribution < -0.4 is 4.74 Å². The number of esters is 1. The fourth-order valence-corrected chi connectivity index (χ4v) is 2.59. The van der Waals surface area contributed by atoms with Gasteiger partial charge in [0.15, 0.2) is 5.75 Å². The number of hydrogen-bond acceptors (Lipinski definition) is 4. The molecule has 1 aromatic carbocycles. The maximum Gasteiger partial charge on any atom is 0.417 e. The molecule has 0 atom stereocenters. The van der Waals surface area contributed by atoms with Crippen LogP contribution in [0.3, 0.4) is 0 Å². The number of ether oxygens (including phenoxy) is 1. The van der Waals surface area contributed by atoms with E-state index in [2.05, 4.69) is 9.97 Å². The van der Waals surface area contributed by atoms with E-state index in [-0.39, 0.29) is 23.6 Å². The van der Waals surface area contributed by atoms with Gasteiger partial charge in [-0.05, 0) is 30.3 Å². The molecule has 0 unspecified atom stereocenters. The number of carbonyl (C=O) groups is 2. The Kier molecular flexibility index (Phi) is 4.93. The maximum absolute atomic E-state index is 12.8. The molecular weight excluding hydrogens is 385 g/mol. The molecule has 0 fully saturated rings. The highest BCUT2D eigenvalue weighted by Crippen LogP contribution is 2.34. The fraction of sp³-hybridized carbons (Fsp3) is 0.167. The normalized spacial score (nSPS) is 11.6. The van der Waals surface area contributed by atoms with Crippen LogP contribution in [0.15, 0.2) is 36.5 Å². The van der Waals surface area contributed by atoms with E-state index in [0.717, 1.165) is 12.1 Å². The lowest BCUT2D eigenvalue weighted by Crippen LogP contribution is -2.12. The van der Waals surface area contributed by atoms with Crippen LogP contribution in [0.4, 0.5) is 13.2 Å². The molecule has 0 aliphatic carbocycles. The van der Waals surface area contributed by atoms with E-state index >= 15 is 0 Å². The predicted molar refractivity (Wildman–Crippen MR) is 91.9 cm³/mol. The monoisotopic (exact) mass is 396 g/mol. The summed E-state index contributed by atoms with van der Waals surface area (Å²) in [4.78, 5) is 30.9. The van der Waals surface area contributed by atoms with Gasteiger partial charge in [-0.3, -0.25) is 14.6 Å². The second kappa shape index (κ2) is 7.03. The topological polar surface area (TPSA) is 72.1 Å². The molecule has 2 heterocycles. The predicted octanol–water partition coefficient (Wildman–Crippen LogP) is 4.78. The van der Waals surface area contributed by atoms with Gasteiger partial charge in [-0.1, -0.05) is 18.5 Å². The number of alkyl halides is 3. The summed E-state index contributed by atoms with van der Waals surface area (Å²) in [7, 11) is 0. The summed E-state index contributed by atoms with van der Waals surface area (Å²) >= 11 is 5.97. The van der Waals surface area contributed by atoms with E-state index in [1.807, 2.05) is 0 Å². The van der Waals surface area contributed by atoms with Gasteiger partial charge in [0.25, 0.3) is 0 Å². The fourth-order valence-electron chi connectivity index (χ4n) is 2.42. The Hall–Kier alpha value is -2.87. The first-order chi connectivity index (χ1) is 12.7. The number of nitrogens with zero attached hydrogens (tertiary/aromatic N) is 1. The molecule has 0 radical (unpaired) electrons. The molecular formula is C18H12ClF3N2O3. The Morgan fingerprint density at radius 1 is 1.22 bits per heavy atom. The summed E-state index contributed by atoms with van der Waals surface area (Å²) in [5.41, 5.74) is -0.815. The molecule has 0 spiro atoms. The summed E-state index contributed by atoms with van der Waals surface area (Å²) in [6, 6.07) is 6.42. The molecule has 0 bridgehead atoms. The highest BCUT2D eigenvalue weighted by molar-refractivity contribution is 6.31. The molecule has 3 rings (SSSR count). The van der Waals surface area contributed by atoms with Crippen LogP contribution in [-0.2, 0) is 11.0 Å². The third-order valence-corrected chi connectivity index (χ3v) is 4.00. The van der Waals surface area contributed by atoms with Gasteiger partial charge < -0.3 is 9.72 Å². The number of fused-ring (bicyclic) bond motifs is 1. The number of carbonyl (C=O) groups excluding carboxylic acids is 2. The van der Waals surface area contributed by atoms with Crippen molar-refractivity contribution in [2.24, 2.45) is 0 Å². The van der Waals surface area contributed by atoms with Crippen molar-refractivity contribution < 1.29 is 27.5 Å². The molecule has 0 aliphatic rings. The minimum Gasteiger partial charge on any atom is -0.423 e. The number of benzene rings is 1. The Morgan fingerprint density at radius 2 is 1.96 bits per heavy atom. The smallest absolute Gasteiger partial charge is 0.417 e. The highest BCUT2D eigenvalue weighted by Gasteiger charge is 2.31. The number of nitrogens with one attached hydrogen (secondary N) is 1. The molecule has 140 valence electrons. The summed E-state index contributed by atoms with van der Waals surface area (Å²) in [5.74, 6) is -1.33. The van der Waals surface area contributed by atoms with Crippen LogP contribution >= 0.6 is 11.6 Å². The number of ketones is 1. The van der Waals surface area contributed by atoms with E-state index in [4.69, 9.17) is 16.3 Å². The molecule has 5 nitrogen and oxygen atoms in total. The van der Waals surface area contributed by atoms with Gasteiger partial charge in [0.1, 0.15) is 11.4 Å². The van der Waals surface area contributed by atoms with Gasteiger partial charge in [-0.2, -0.15) is 13.2 Å². The van der Waals surface area contributed by atoms with Crippen LogP contribution in [0.1, 0.15) is 35.1 Å². The molecule has 0 aliphatic heterocycles. The van der Waals surface area contributed by atoms with Crippen LogP contribution in [-0.4, -0.2) is 21.7 Å². The summed E-state index contributed by atoms with van der Waals surface area (Å²) < 4.78 is 43.3. The Bertz CT molecular complexity index is 1030. The number of aromatic nitrogens is 2. The molecule has 2 aromatic heterocycles. The first kappa shape index (κ1) is 18.9. The average Bonchev–Trinajstić information content (AvgIpc) is 2.98. The van der Waals surface area contributed by atoms with Crippen molar-refractivity contribution in [3.63, 3.8) is 0 Å². The van der Waals surface area contributed by atoms with Crippen LogP contribution in [0.25, 0.3) is 10.9 Å². The van der Waals surface area contributed by atoms with Crippen molar-refractivity contribution in [2.75, 3.05) is 0 Å². The van der Waals surface area contributed by atoms with Gasteiger partial charge in [0.2, 0.25) is 5.78 Å². The van der Waals surface area contributed by atoms with Crippen molar-refractivity contribution in [3.8, 4) is 5.75 Å². The maximum atomic E-state index is 12.8. The lowest BCUT2D eigenvalue weighted by atomic mass is 10.1. The highest BCUT2D eigenvalue weighted by atomic mass is 35.5. The largest absolute Gasteiger partial charge is 0.423 e. The third-order valence-electron chi connectivity index (χ3n) is 3.77. The number of hydrogen-bond donors (Lipinski definition) is 1. The zero-order chi connectivity index (χ0) is 19.8. The van der Waals surface area contributed by atoms with Gasteiger partial charge in [-0.25, -0.2) is 0 Å². The zero-order valence-corrected chi connectivity index (χ0v) is 14.6. The van der Waals surface area contributed by atoms with Crippen LogP contribution in [0.5, 0.6) is 5.75 Å². The van der Waals surface area contributed by atoms with Gasteiger partial charge in [0, 0.05) is 28.5 Å². The average molecular weight is 397 g/mol.